The third-order valence-corrected chi connectivity index (χ3v) is 1.76. The molecule has 0 unspecified atom stereocenters. The van der Waals surface area contributed by atoms with E-state index in [1.54, 1.807) is 0 Å². The summed E-state index contributed by atoms with van der Waals surface area (Å²) in [6.45, 7) is -4.94. The van der Waals surface area contributed by atoms with E-state index in [4.69, 9.17) is 5.11 Å². The van der Waals surface area contributed by atoms with Gasteiger partial charge in [0.1, 0.15) is 0 Å². The number of benzene rings is 1. The maximum Gasteiger partial charge on any atom is 0.509 e. The summed E-state index contributed by atoms with van der Waals surface area (Å²) in [5.74, 6) is 0. The molecule has 0 heterocycles. The van der Waals surface area contributed by atoms with Gasteiger partial charge >= 0.3 is 6.98 Å². The molecule has 1 nitrogen and oxygen atoms in total. The van der Waals surface area contributed by atoms with Crippen LogP contribution in [-0.2, 0) is 6.42 Å². The minimum atomic E-state index is -4.89. The van der Waals surface area contributed by atoms with Gasteiger partial charge in [-0.2, -0.15) is 0 Å². The SMILES string of the molecule is OCCc1ccc([B-](F)(F)F)cc1. The second-order valence-electron chi connectivity index (χ2n) is 2.79. The lowest BCUT2D eigenvalue weighted by Gasteiger charge is -2.14. The molecule has 0 radical (unpaired) electrons. The Morgan fingerprint density at radius 1 is 1.08 bits per heavy atom. The Bertz CT molecular complexity index is 268. The van der Waals surface area contributed by atoms with Gasteiger partial charge in [0.25, 0.3) is 0 Å². The van der Waals surface area contributed by atoms with Crippen molar-refractivity contribution in [2.24, 2.45) is 0 Å². The van der Waals surface area contributed by atoms with Gasteiger partial charge in [-0.1, -0.05) is 24.3 Å². The van der Waals surface area contributed by atoms with Crippen LogP contribution in [0.25, 0.3) is 0 Å². The third-order valence-electron chi connectivity index (χ3n) is 1.76. The van der Waals surface area contributed by atoms with Crippen molar-refractivity contribution >= 4 is 12.4 Å². The van der Waals surface area contributed by atoms with Crippen molar-refractivity contribution in [2.75, 3.05) is 6.61 Å². The van der Waals surface area contributed by atoms with E-state index in [1.165, 1.54) is 12.1 Å². The second kappa shape index (κ2) is 3.83. The van der Waals surface area contributed by atoms with E-state index in [9.17, 15) is 12.9 Å². The van der Waals surface area contributed by atoms with Crippen LogP contribution in [0.5, 0.6) is 0 Å². The maximum atomic E-state index is 12.1. The molecular formula is C8H9BF3O-. The number of halogens is 3. The highest BCUT2D eigenvalue weighted by Gasteiger charge is 2.24. The third kappa shape index (κ3) is 2.77. The van der Waals surface area contributed by atoms with E-state index in [0.717, 1.165) is 12.1 Å². The van der Waals surface area contributed by atoms with E-state index in [1.807, 2.05) is 0 Å². The normalized spacial score (nSPS) is 11.7. The maximum absolute atomic E-state index is 12.1. The minimum absolute atomic E-state index is 0.0451. The lowest BCUT2D eigenvalue weighted by molar-refractivity contribution is 0.299. The first-order valence-electron chi connectivity index (χ1n) is 3.93. The molecule has 1 aromatic rings. The number of aliphatic hydroxyl groups is 1. The molecule has 0 aromatic heterocycles. The van der Waals surface area contributed by atoms with Gasteiger partial charge in [-0.15, -0.1) is 5.46 Å². The van der Waals surface area contributed by atoms with Crippen LogP contribution in [0.15, 0.2) is 24.3 Å². The summed E-state index contributed by atoms with van der Waals surface area (Å²) in [6, 6.07) is 4.87. The van der Waals surface area contributed by atoms with Gasteiger partial charge < -0.3 is 18.1 Å². The van der Waals surface area contributed by atoms with Crippen LogP contribution >= 0.6 is 0 Å². The molecule has 0 bridgehead atoms. The summed E-state index contributed by atoms with van der Waals surface area (Å²) < 4.78 is 36.4. The predicted molar refractivity (Wildman–Crippen MR) is 45.9 cm³/mol. The van der Waals surface area contributed by atoms with Gasteiger partial charge in [-0.3, -0.25) is 0 Å². The average molecular weight is 189 g/mol. The van der Waals surface area contributed by atoms with Gasteiger partial charge in [0.2, 0.25) is 0 Å². The van der Waals surface area contributed by atoms with Crippen LogP contribution in [0.1, 0.15) is 5.56 Å². The predicted octanol–water partition coefficient (Wildman–Crippen LogP) is 1.28. The van der Waals surface area contributed by atoms with Crippen LogP contribution < -0.4 is 5.46 Å². The summed E-state index contributed by atoms with van der Waals surface area (Å²) in [5.41, 5.74) is 0.119. The molecule has 0 aliphatic rings. The summed E-state index contributed by atoms with van der Waals surface area (Å²) in [4.78, 5) is 0. The van der Waals surface area contributed by atoms with Gasteiger partial charge in [-0.25, -0.2) is 0 Å². The van der Waals surface area contributed by atoms with Gasteiger partial charge in [0.05, 0.1) is 0 Å². The molecule has 0 fully saturated rings. The number of hydrogen-bond donors (Lipinski definition) is 1. The van der Waals surface area contributed by atoms with Crippen LogP contribution in [0, 0.1) is 0 Å². The molecule has 72 valence electrons. The monoisotopic (exact) mass is 189 g/mol. The Hall–Kier alpha value is -0.965. The molecule has 0 saturated carbocycles. The lowest BCUT2D eigenvalue weighted by Crippen LogP contribution is -2.33. The molecule has 13 heavy (non-hydrogen) atoms. The van der Waals surface area contributed by atoms with Crippen molar-refractivity contribution in [3.8, 4) is 0 Å². The van der Waals surface area contributed by atoms with Crippen molar-refractivity contribution in [3.63, 3.8) is 0 Å². The molecule has 5 heteroatoms. The van der Waals surface area contributed by atoms with Crippen LogP contribution in [0.4, 0.5) is 12.9 Å². The van der Waals surface area contributed by atoms with E-state index >= 15 is 0 Å². The fourth-order valence-corrected chi connectivity index (χ4v) is 1.03. The highest BCUT2D eigenvalue weighted by molar-refractivity contribution is 6.73. The van der Waals surface area contributed by atoms with Gasteiger partial charge in [0, 0.05) is 6.61 Å². The molecule has 1 N–H and O–H groups in total. The van der Waals surface area contributed by atoms with Crippen molar-refractivity contribution in [1.29, 1.82) is 0 Å². The van der Waals surface area contributed by atoms with E-state index < -0.39 is 12.4 Å². The molecule has 1 aromatic carbocycles. The molecule has 0 spiro atoms. The Morgan fingerprint density at radius 3 is 2.00 bits per heavy atom. The largest absolute Gasteiger partial charge is 0.509 e. The van der Waals surface area contributed by atoms with Crippen molar-refractivity contribution < 1.29 is 18.1 Å². The molecule has 0 aliphatic heterocycles. The van der Waals surface area contributed by atoms with Gasteiger partial charge in [0.15, 0.2) is 0 Å². The summed E-state index contributed by atoms with van der Waals surface area (Å²) >= 11 is 0. The van der Waals surface area contributed by atoms with Crippen molar-refractivity contribution in [3.05, 3.63) is 29.8 Å². The standard InChI is InChI=1S/C8H9BF3O/c10-9(11,12)8-3-1-7(2-4-8)5-6-13/h1-4,13H,5-6H2/q-1. The highest BCUT2D eigenvalue weighted by atomic mass is 19.4. The van der Waals surface area contributed by atoms with Crippen molar-refractivity contribution in [1.82, 2.24) is 0 Å². The van der Waals surface area contributed by atoms with E-state index in [2.05, 4.69) is 0 Å². The van der Waals surface area contributed by atoms with Crippen molar-refractivity contribution in [2.45, 2.75) is 6.42 Å². The summed E-state index contributed by atoms with van der Waals surface area (Å²) in [7, 11) is 0. The summed E-state index contributed by atoms with van der Waals surface area (Å²) in [5, 5.41) is 8.53. The fourth-order valence-electron chi connectivity index (χ4n) is 1.03. The Balaban J connectivity index is 2.81. The number of rotatable bonds is 3. The average Bonchev–Trinajstić information content (AvgIpc) is 2.04. The Labute approximate surface area is 74.3 Å². The Kier molecular flexibility index (Phi) is 2.98. The zero-order chi connectivity index (χ0) is 9.90. The molecule has 0 atom stereocenters. The first kappa shape index (κ1) is 10.1. The zero-order valence-corrected chi connectivity index (χ0v) is 6.88. The molecule has 1 rings (SSSR count). The quantitative estimate of drug-likeness (QED) is 0.710. The molecular weight excluding hydrogens is 180 g/mol. The zero-order valence-electron chi connectivity index (χ0n) is 6.88. The lowest BCUT2D eigenvalue weighted by atomic mass is 9.80. The number of hydrogen-bond acceptors (Lipinski definition) is 1. The Morgan fingerprint density at radius 2 is 1.62 bits per heavy atom. The van der Waals surface area contributed by atoms with Crippen LogP contribution in [0.2, 0.25) is 0 Å². The molecule has 0 aliphatic carbocycles. The highest BCUT2D eigenvalue weighted by Crippen LogP contribution is 2.09. The van der Waals surface area contributed by atoms with Crippen LogP contribution in [-0.4, -0.2) is 18.7 Å². The topological polar surface area (TPSA) is 20.2 Å². The van der Waals surface area contributed by atoms with E-state index in [-0.39, 0.29) is 6.61 Å². The smallest absolute Gasteiger partial charge is 0.445 e. The van der Waals surface area contributed by atoms with Crippen LogP contribution in [0.3, 0.4) is 0 Å². The fraction of sp³-hybridized carbons (Fsp3) is 0.250. The summed E-state index contributed by atoms with van der Waals surface area (Å²) in [6.07, 6.45) is 0.394. The van der Waals surface area contributed by atoms with Gasteiger partial charge in [-0.05, 0) is 12.0 Å². The minimum Gasteiger partial charge on any atom is -0.445 e. The second-order valence-corrected chi connectivity index (χ2v) is 2.79. The first-order chi connectivity index (χ1) is 6.04. The molecule has 0 saturated heterocycles. The first-order valence-corrected chi connectivity index (χ1v) is 3.93. The molecule has 0 amide bonds. The number of aliphatic hydroxyl groups excluding tert-OH is 1. The van der Waals surface area contributed by atoms with E-state index in [0.29, 0.717) is 12.0 Å².